The second-order valence-electron chi connectivity index (χ2n) is 3.93. The maximum absolute atomic E-state index is 10.1. The van der Waals surface area contributed by atoms with Crippen molar-refractivity contribution in [3.63, 3.8) is 0 Å². The van der Waals surface area contributed by atoms with E-state index in [1.165, 1.54) is 0 Å². The Bertz CT molecular complexity index is 380. The van der Waals surface area contributed by atoms with Crippen molar-refractivity contribution >= 4 is 15.9 Å². The first-order valence-electron chi connectivity index (χ1n) is 5.28. The Morgan fingerprint density at radius 3 is 2.69 bits per heavy atom. The average molecular weight is 288 g/mol. The van der Waals surface area contributed by atoms with Crippen molar-refractivity contribution < 1.29 is 9.84 Å². The van der Waals surface area contributed by atoms with Gasteiger partial charge < -0.3 is 15.6 Å². The molecule has 0 fully saturated rings. The van der Waals surface area contributed by atoms with Crippen LogP contribution in [0, 0.1) is 6.92 Å². The van der Waals surface area contributed by atoms with Crippen molar-refractivity contribution in [2.24, 2.45) is 5.73 Å². The molecule has 1 aromatic rings. The van der Waals surface area contributed by atoms with Gasteiger partial charge in [-0.2, -0.15) is 0 Å². The molecule has 0 saturated heterocycles. The van der Waals surface area contributed by atoms with Gasteiger partial charge in [-0.25, -0.2) is 0 Å². The van der Waals surface area contributed by atoms with Gasteiger partial charge in [0.15, 0.2) is 11.5 Å². The zero-order chi connectivity index (χ0) is 12.3. The van der Waals surface area contributed by atoms with Crippen LogP contribution in [0.2, 0.25) is 0 Å². The molecule has 0 radical (unpaired) electrons. The van der Waals surface area contributed by atoms with Gasteiger partial charge in [0, 0.05) is 15.6 Å². The number of methoxy groups -OCH3 is 1. The van der Waals surface area contributed by atoms with Crippen LogP contribution in [0.4, 0.5) is 0 Å². The van der Waals surface area contributed by atoms with Crippen molar-refractivity contribution in [3.05, 3.63) is 21.7 Å². The standard InChI is InChI=1S/C12H18BrNO2/c1-7(4-5-14)9-6-10(13)8(2)12(16-3)11(9)15/h6-7,15H,4-5,14H2,1-3H3. The number of ether oxygens (including phenoxy) is 1. The van der Waals surface area contributed by atoms with Gasteiger partial charge in [0.1, 0.15) is 0 Å². The fraction of sp³-hybridized carbons (Fsp3) is 0.500. The maximum atomic E-state index is 10.1. The molecule has 0 bridgehead atoms. The molecule has 0 amide bonds. The monoisotopic (exact) mass is 287 g/mol. The van der Waals surface area contributed by atoms with Crippen LogP contribution >= 0.6 is 15.9 Å². The Morgan fingerprint density at radius 2 is 2.19 bits per heavy atom. The smallest absolute Gasteiger partial charge is 0.164 e. The van der Waals surface area contributed by atoms with Crippen LogP contribution in [0.5, 0.6) is 11.5 Å². The molecule has 0 saturated carbocycles. The normalized spacial score (nSPS) is 12.6. The van der Waals surface area contributed by atoms with Gasteiger partial charge >= 0.3 is 0 Å². The highest BCUT2D eigenvalue weighted by Crippen LogP contribution is 2.41. The molecular formula is C12H18BrNO2. The van der Waals surface area contributed by atoms with Crippen LogP contribution < -0.4 is 10.5 Å². The highest BCUT2D eigenvalue weighted by Gasteiger charge is 2.18. The fourth-order valence-corrected chi connectivity index (χ4v) is 2.19. The summed E-state index contributed by atoms with van der Waals surface area (Å²) in [5, 5.41) is 10.1. The number of hydrogen-bond acceptors (Lipinski definition) is 3. The van der Waals surface area contributed by atoms with E-state index in [1.54, 1.807) is 7.11 Å². The summed E-state index contributed by atoms with van der Waals surface area (Å²) >= 11 is 3.47. The molecule has 0 aliphatic heterocycles. The first-order valence-corrected chi connectivity index (χ1v) is 6.08. The molecule has 0 aromatic heterocycles. The molecule has 0 heterocycles. The molecule has 4 heteroatoms. The molecule has 0 aliphatic rings. The molecule has 1 aromatic carbocycles. The van der Waals surface area contributed by atoms with Crippen LogP contribution in [0.25, 0.3) is 0 Å². The Hall–Kier alpha value is -0.740. The summed E-state index contributed by atoms with van der Waals surface area (Å²) in [5.41, 5.74) is 7.31. The molecule has 3 N–H and O–H groups in total. The van der Waals surface area contributed by atoms with Gasteiger partial charge in [-0.1, -0.05) is 22.9 Å². The lowest BCUT2D eigenvalue weighted by atomic mass is 9.95. The summed E-state index contributed by atoms with van der Waals surface area (Å²) < 4.78 is 6.16. The van der Waals surface area contributed by atoms with Crippen LogP contribution in [-0.4, -0.2) is 18.8 Å². The van der Waals surface area contributed by atoms with E-state index in [-0.39, 0.29) is 11.7 Å². The molecular weight excluding hydrogens is 270 g/mol. The number of phenols is 1. The lowest BCUT2D eigenvalue weighted by molar-refractivity contribution is 0.365. The number of benzene rings is 1. The number of halogens is 1. The number of rotatable bonds is 4. The van der Waals surface area contributed by atoms with Gasteiger partial charge in [-0.05, 0) is 31.9 Å². The van der Waals surface area contributed by atoms with Crippen molar-refractivity contribution in [2.45, 2.75) is 26.2 Å². The second kappa shape index (κ2) is 5.55. The van der Waals surface area contributed by atoms with Gasteiger partial charge in [0.25, 0.3) is 0 Å². The number of phenolic OH excluding ortho intramolecular Hbond substituents is 1. The Morgan fingerprint density at radius 1 is 1.56 bits per heavy atom. The molecule has 0 spiro atoms. The van der Waals surface area contributed by atoms with E-state index in [9.17, 15) is 5.11 Å². The summed E-state index contributed by atoms with van der Waals surface area (Å²) in [4.78, 5) is 0. The molecule has 16 heavy (non-hydrogen) atoms. The summed E-state index contributed by atoms with van der Waals surface area (Å²) in [5.74, 6) is 0.980. The van der Waals surface area contributed by atoms with Crippen LogP contribution in [0.15, 0.2) is 10.5 Å². The van der Waals surface area contributed by atoms with Gasteiger partial charge in [-0.3, -0.25) is 0 Å². The van der Waals surface area contributed by atoms with Crippen molar-refractivity contribution in [3.8, 4) is 11.5 Å². The average Bonchev–Trinajstić information content (AvgIpc) is 2.24. The van der Waals surface area contributed by atoms with Gasteiger partial charge in [0.2, 0.25) is 0 Å². The molecule has 3 nitrogen and oxygen atoms in total. The summed E-state index contributed by atoms with van der Waals surface area (Å²) in [7, 11) is 1.56. The maximum Gasteiger partial charge on any atom is 0.164 e. The fourth-order valence-electron chi connectivity index (χ4n) is 1.76. The Labute approximate surface area is 105 Å². The molecule has 1 atom stereocenters. The summed E-state index contributed by atoms with van der Waals surface area (Å²) in [6, 6.07) is 1.94. The molecule has 90 valence electrons. The van der Waals surface area contributed by atoms with Crippen molar-refractivity contribution in [2.75, 3.05) is 13.7 Å². The zero-order valence-corrected chi connectivity index (χ0v) is 11.5. The van der Waals surface area contributed by atoms with Gasteiger partial charge in [-0.15, -0.1) is 0 Å². The largest absolute Gasteiger partial charge is 0.504 e. The number of hydrogen-bond donors (Lipinski definition) is 2. The predicted molar refractivity (Wildman–Crippen MR) is 69.2 cm³/mol. The van der Waals surface area contributed by atoms with Crippen molar-refractivity contribution in [1.82, 2.24) is 0 Å². The van der Waals surface area contributed by atoms with E-state index in [2.05, 4.69) is 15.9 Å². The van der Waals surface area contributed by atoms with Gasteiger partial charge in [0.05, 0.1) is 7.11 Å². The topological polar surface area (TPSA) is 55.5 Å². The van der Waals surface area contributed by atoms with E-state index >= 15 is 0 Å². The lowest BCUT2D eigenvalue weighted by Gasteiger charge is -2.17. The zero-order valence-electron chi connectivity index (χ0n) is 9.88. The third kappa shape index (κ3) is 2.50. The Kier molecular flexibility index (Phi) is 4.62. The molecule has 1 unspecified atom stereocenters. The first-order chi connectivity index (χ1) is 7.52. The van der Waals surface area contributed by atoms with E-state index in [1.807, 2.05) is 19.9 Å². The van der Waals surface area contributed by atoms with Crippen LogP contribution in [0.1, 0.15) is 30.4 Å². The predicted octanol–water partition coefficient (Wildman–Crippen LogP) is 2.92. The molecule has 0 aliphatic carbocycles. The van der Waals surface area contributed by atoms with E-state index in [4.69, 9.17) is 10.5 Å². The number of aromatic hydroxyl groups is 1. The Balaban J connectivity index is 3.25. The number of nitrogens with two attached hydrogens (primary N) is 1. The lowest BCUT2D eigenvalue weighted by Crippen LogP contribution is -2.05. The van der Waals surface area contributed by atoms with Crippen molar-refractivity contribution in [1.29, 1.82) is 0 Å². The quantitative estimate of drug-likeness (QED) is 0.895. The van der Waals surface area contributed by atoms with Crippen LogP contribution in [-0.2, 0) is 0 Å². The highest BCUT2D eigenvalue weighted by atomic mass is 79.9. The van der Waals surface area contributed by atoms with Crippen LogP contribution in [0.3, 0.4) is 0 Å². The van der Waals surface area contributed by atoms with E-state index < -0.39 is 0 Å². The summed E-state index contributed by atoms with van der Waals surface area (Å²) in [6.45, 7) is 4.55. The second-order valence-corrected chi connectivity index (χ2v) is 4.79. The molecule has 1 rings (SSSR count). The summed E-state index contributed by atoms with van der Waals surface area (Å²) in [6.07, 6.45) is 0.839. The third-order valence-electron chi connectivity index (χ3n) is 2.80. The SMILES string of the molecule is COc1c(C)c(Br)cc(C(C)CCN)c1O. The minimum Gasteiger partial charge on any atom is -0.504 e. The third-order valence-corrected chi connectivity index (χ3v) is 3.63. The van der Waals surface area contributed by atoms with E-state index in [0.717, 1.165) is 22.0 Å². The minimum atomic E-state index is 0.218. The van der Waals surface area contributed by atoms with E-state index in [0.29, 0.717) is 12.3 Å². The first kappa shape index (κ1) is 13.3. The highest BCUT2D eigenvalue weighted by molar-refractivity contribution is 9.10. The minimum absolute atomic E-state index is 0.218.